The molecule has 1 aromatic rings. The van der Waals surface area contributed by atoms with Gasteiger partial charge >= 0.3 is 6.18 Å². The van der Waals surface area contributed by atoms with Gasteiger partial charge in [-0.1, -0.05) is 12.1 Å². The highest BCUT2D eigenvalue weighted by molar-refractivity contribution is 5.27. The molecule has 0 aliphatic heterocycles. The van der Waals surface area contributed by atoms with Crippen molar-refractivity contribution >= 4 is 0 Å². The minimum atomic E-state index is -4.33. The first-order chi connectivity index (χ1) is 7.49. The highest BCUT2D eigenvalue weighted by Gasteiger charge is 2.30. The molecule has 0 aromatic heterocycles. The number of halogens is 3. The summed E-state index contributed by atoms with van der Waals surface area (Å²) in [6.07, 6.45) is -3.94. The van der Waals surface area contributed by atoms with E-state index in [0.717, 1.165) is 12.1 Å². The van der Waals surface area contributed by atoms with Crippen molar-refractivity contribution in [3.63, 3.8) is 0 Å². The molecule has 0 aliphatic rings. The average molecular weight is 233 g/mol. The zero-order valence-corrected chi connectivity index (χ0v) is 8.88. The van der Waals surface area contributed by atoms with Gasteiger partial charge in [0.2, 0.25) is 0 Å². The molecule has 0 amide bonds. The first kappa shape index (κ1) is 13.0. The van der Waals surface area contributed by atoms with Crippen molar-refractivity contribution in [1.82, 2.24) is 5.32 Å². The van der Waals surface area contributed by atoms with Crippen LogP contribution in [0.25, 0.3) is 0 Å². The summed E-state index contributed by atoms with van der Waals surface area (Å²) in [7, 11) is 1.65. The summed E-state index contributed by atoms with van der Waals surface area (Å²) in [4.78, 5) is 0. The number of nitrogens with one attached hydrogen (secondary N) is 1. The monoisotopic (exact) mass is 233 g/mol. The van der Waals surface area contributed by atoms with Crippen LogP contribution in [0.1, 0.15) is 23.6 Å². The van der Waals surface area contributed by atoms with E-state index in [-0.39, 0.29) is 12.6 Å². The average Bonchev–Trinajstić information content (AvgIpc) is 2.25. The molecule has 2 nitrogen and oxygen atoms in total. The molecule has 0 spiro atoms. The molecule has 1 rings (SSSR count). The van der Waals surface area contributed by atoms with E-state index in [2.05, 4.69) is 5.32 Å². The molecule has 5 heteroatoms. The summed E-state index contributed by atoms with van der Waals surface area (Å²) < 4.78 is 37.4. The lowest BCUT2D eigenvalue weighted by Gasteiger charge is -2.17. The topological polar surface area (TPSA) is 32.3 Å². The van der Waals surface area contributed by atoms with Crippen LogP contribution in [0.2, 0.25) is 0 Å². The predicted octanol–water partition coefficient (Wildman–Crippen LogP) is 2.35. The van der Waals surface area contributed by atoms with Gasteiger partial charge < -0.3 is 10.4 Å². The Bertz CT molecular complexity index is 338. The second-order valence-electron chi connectivity index (χ2n) is 3.48. The molecule has 0 fully saturated rings. The molecule has 0 heterocycles. The second-order valence-corrected chi connectivity index (χ2v) is 3.48. The van der Waals surface area contributed by atoms with E-state index in [0.29, 0.717) is 12.0 Å². The van der Waals surface area contributed by atoms with Crippen molar-refractivity contribution in [2.24, 2.45) is 0 Å². The zero-order valence-electron chi connectivity index (χ0n) is 8.88. The number of aliphatic hydroxyl groups excluding tert-OH is 1. The molecule has 0 aliphatic carbocycles. The number of rotatable bonds is 4. The maximum Gasteiger partial charge on any atom is 0.416 e. The summed E-state index contributed by atoms with van der Waals surface area (Å²) in [5.74, 6) is 0. The normalized spacial score (nSPS) is 13.8. The van der Waals surface area contributed by atoms with Gasteiger partial charge in [0.15, 0.2) is 0 Å². The van der Waals surface area contributed by atoms with Crippen LogP contribution < -0.4 is 5.32 Å². The van der Waals surface area contributed by atoms with Gasteiger partial charge in [-0.2, -0.15) is 13.2 Å². The van der Waals surface area contributed by atoms with Gasteiger partial charge in [-0.25, -0.2) is 0 Å². The molecule has 1 unspecified atom stereocenters. The number of aliphatic hydroxyl groups is 1. The number of alkyl halides is 3. The van der Waals surface area contributed by atoms with E-state index in [1.807, 2.05) is 0 Å². The van der Waals surface area contributed by atoms with Crippen LogP contribution >= 0.6 is 0 Å². The Morgan fingerprint density at radius 1 is 1.38 bits per heavy atom. The van der Waals surface area contributed by atoms with Gasteiger partial charge in [-0.05, 0) is 31.2 Å². The molecule has 2 N–H and O–H groups in total. The van der Waals surface area contributed by atoms with E-state index in [9.17, 15) is 13.2 Å². The Morgan fingerprint density at radius 2 is 2.06 bits per heavy atom. The van der Waals surface area contributed by atoms with Crippen LogP contribution in [0.3, 0.4) is 0 Å². The SMILES string of the molecule is CNC(CCO)c1cccc(C(F)(F)F)c1. The van der Waals surface area contributed by atoms with E-state index in [1.165, 1.54) is 6.07 Å². The Balaban J connectivity index is 2.97. The van der Waals surface area contributed by atoms with Crippen LogP contribution in [0, 0.1) is 0 Å². The Labute approximate surface area is 92.1 Å². The van der Waals surface area contributed by atoms with Gasteiger partial charge in [0.25, 0.3) is 0 Å². The molecule has 1 atom stereocenters. The van der Waals surface area contributed by atoms with E-state index in [4.69, 9.17) is 5.11 Å². The molecule has 0 saturated heterocycles. The Kier molecular flexibility index (Phi) is 4.32. The second kappa shape index (κ2) is 5.32. The molecular weight excluding hydrogens is 219 g/mol. The highest BCUT2D eigenvalue weighted by atomic mass is 19.4. The summed E-state index contributed by atoms with van der Waals surface area (Å²) in [6.45, 7) is -0.0677. The summed E-state index contributed by atoms with van der Waals surface area (Å²) in [5, 5.41) is 11.7. The summed E-state index contributed by atoms with van der Waals surface area (Å²) in [5.41, 5.74) is -0.130. The third-order valence-corrected chi connectivity index (χ3v) is 2.38. The summed E-state index contributed by atoms with van der Waals surface area (Å²) >= 11 is 0. The lowest BCUT2D eigenvalue weighted by atomic mass is 10.0. The molecule has 0 saturated carbocycles. The van der Waals surface area contributed by atoms with Crippen molar-refractivity contribution in [1.29, 1.82) is 0 Å². The van der Waals surface area contributed by atoms with Gasteiger partial charge in [0.1, 0.15) is 0 Å². The standard InChI is InChI=1S/C11H14F3NO/c1-15-10(5-6-16)8-3-2-4-9(7-8)11(12,13)14/h2-4,7,10,15-16H,5-6H2,1H3. The first-order valence-corrected chi connectivity index (χ1v) is 4.94. The number of hydrogen-bond acceptors (Lipinski definition) is 2. The smallest absolute Gasteiger partial charge is 0.396 e. The van der Waals surface area contributed by atoms with Gasteiger partial charge in [0.05, 0.1) is 5.56 Å². The first-order valence-electron chi connectivity index (χ1n) is 4.94. The van der Waals surface area contributed by atoms with Crippen LogP contribution in [-0.4, -0.2) is 18.8 Å². The highest BCUT2D eigenvalue weighted by Crippen LogP contribution is 2.31. The van der Waals surface area contributed by atoms with Crippen molar-refractivity contribution < 1.29 is 18.3 Å². The van der Waals surface area contributed by atoms with Crippen LogP contribution in [-0.2, 0) is 6.18 Å². The number of benzene rings is 1. The minimum Gasteiger partial charge on any atom is -0.396 e. The fourth-order valence-electron chi connectivity index (χ4n) is 1.54. The Hall–Kier alpha value is -1.07. The lowest BCUT2D eigenvalue weighted by Crippen LogP contribution is -2.18. The molecule has 16 heavy (non-hydrogen) atoms. The van der Waals surface area contributed by atoms with Crippen LogP contribution in [0.5, 0.6) is 0 Å². The fourth-order valence-corrected chi connectivity index (χ4v) is 1.54. The molecule has 0 bridgehead atoms. The van der Waals surface area contributed by atoms with E-state index in [1.54, 1.807) is 13.1 Å². The largest absolute Gasteiger partial charge is 0.416 e. The van der Waals surface area contributed by atoms with Crippen molar-refractivity contribution in [3.8, 4) is 0 Å². The van der Waals surface area contributed by atoms with Crippen LogP contribution in [0.15, 0.2) is 24.3 Å². The minimum absolute atomic E-state index is 0.0677. The van der Waals surface area contributed by atoms with Gasteiger partial charge in [-0.3, -0.25) is 0 Å². The third kappa shape index (κ3) is 3.21. The molecule has 0 radical (unpaired) electrons. The third-order valence-electron chi connectivity index (χ3n) is 2.38. The quantitative estimate of drug-likeness (QED) is 0.836. The van der Waals surface area contributed by atoms with Crippen molar-refractivity contribution in [2.45, 2.75) is 18.6 Å². The van der Waals surface area contributed by atoms with Crippen molar-refractivity contribution in [3.05, 3.63) is 35.4 Å². The van der Waals surface area contributed by atoms with Gasteiger partial charge in [0, 0.05) is 12.6 Å². The van der Waals surface area contributed by atoms with Gasteiger partial charge in [-0.15, -0.1) is 0 Å². The fraction of sp³-hybridized carbons (Fsp3) is 0.455. The maximum absolute atomic E-state index is 12.5. The molecule has 1 aromatic carbocycles. The van der Waals surface area contributed by atoms with Crippen molar-refractivity contribution in [2.75, 3.05) is 13.7 Å². The maximum atomic E-state index is 12.5. The Morgan fingerprint density at radius 3 is 2.56 bits per heavy atom. The van der Waals surface area contributed by atoms with E-state index < -0.39 is 11.7 Å². The number of hydrogen-bond donors (Lipinski definition) is 2. The van der Waals surface area contributed by atoms with E-state index >= 15 is 0 Å². The summed E-state index contributed by atoms with van der Waals surface area (Å²) in [6, 6.07) is 4.88. The zero-order chi connectivity index (χ0) is 12.2. The molecular formula is C11H14F3NO. The van der Waals surface area contributed by atoms with Crippen LogP contribution in [0.4, 0.5) is 13.2 Å². The predicted molar refractivity (Wildman–Crippen MR) is 54.9 cm³/mol. The lowest BCUT2D eigenvalue weighted by molar-refractivity contribution is -0.137. The molecule has 90 valence electrons.